The molecule has 26 heavy (non-hydrogen) atoms. The van der Waals surface area contributed by atoms with E-state index in [2.05, 4.69) is 39.4 Å². The van der Waals surface area contributed by atoms with Crippen LogP contribution in [0.4, 0.5) is 5.82 Å². The van der Waals surface area contributed by atoms with Crippen LogP contribution in [0.15, 0.2) is 41.2 Å². The largest absolute Gasteiger partial charge is 0.310 e. The molecule has 1 aromatic carbocycles. The first kappa shape index (κ1) is 17.8. The van der Waals surface area contributed by atoms with Gasteiger partial charge in [0.2, 0.25) is 11.7 Å². The van der Waals surface area contributed by atoms with Crippen molar-refractivity contribution in [2.45, 2.75) is 45.4 Å². The summed E-state index contributed by atoms with van der Waals surface area (Å²) in [6.45, 7) is 2.09. The molecule has 0 aliphatic heterocycles. The number of amides is 1. The van der Waals surface area contributed by atoms with Crippen LogP contribution >= 0.6 is 0 Å². The number of carbonyl (C=O) groups is 1. The summed E-state index contributed by atoms with van der Waals surface area (Å²) in [6.07, 6.45) is 4.77. The van der Waals surface area contributed by atoms with Gasteiger partial charge in [-0.05, 0) is 18.4 Å². The predicted molar refractivity (Wildman–Crippen MR) is 100 cm³/mol. The Morgan fingerprint density at radius 2 is 2.00 bits per heavy atom. The zero-order valence-corrected chi connectivity index (χ0v) is 14.9. The van der Waals surface area contributed by atoms with Gasteiger partial charge in [-0.1, -0.05) is 50.1 Å². The lowest BCUT2D eigenvalue weighted by atomic mass is 10.1. The van der Waals surface area contributed by atoms with Gasteiger partial charge in [-0.2, -0.15) is 9.50 Å². The van der Waals surface area contributed by atoms with E-state index in [-0.39, 0.29) is 11.5 Å². The Kier molecular flexibility index (Phi) is 5.78. The highest BCUT2D eigenvalue weighted by molar-refractivity contribution is 5.89. The monoisotopic (exact) mass is 353 g/mol. The second-order valence-corrected chi connectivity index (χ2v) is 6.27. The average molecular weight is 353 g/mol. The Balaban J connectivity index is 1.75. The number of rotatable bonds is 8. The van der Waals surface area contributed by atoms with E-state index in [1.807, 2.05) is 18.2 Å². The molecule has 7 heteroatoms. The molecule has 1 amide bonds. The summed E-state index contributed by atoms with van der Waals surface area (Å²) >= 11 is 0. The van der Waals surface area contributed by atoms with Gasteiger partial charge in [0.1, 0.15) is 5.82 Å². The number of hydrogen-bond acceptors (Lipinski definition) is 4. The number of fused-ring (bicyclic) bond motifs is 1. The third-order valence-corrected chi connectivity index (χ3v) is 4.14. The molecule has 2 heterocycles. The molecule has 0 atom stereocenters. The molecule has 7 nitrogen and oxygen atoms in total. The van der Waals surface area contributed by atoms with Crippen LogP contribution in [0.1, 0.15) is 44.0 Å². The van der Waals surface area contributed by atoms with Gasteiger partial charge in [0, 0.05) is 18.9 Å². The van der Waals surface area contributed by atoms with Crippen molar-refractivity contribution in [1.82, 2.24) is 19.6 Å². The fraction of sp³-hybridized carbons (Fsp3) is 0.368. The van der Waals surface area contributed by atoms with Gasteiger partial charge in [-0.3, -0.25) is 14.6 Å². The van der Waals surface area contributed by atoms with Crippen molar-refractivity contribution in [3.8, 4) is 0 Å². The summed E-state index contributed by atoms with van der Waals surface area (Å²) in [7, 11) is 0. The standard InChI is InChI=1S/C19H23N5O2/c1-2-3-5-10-17(25)21-16-13-18(26)22-19-20-15(23-24(16)19)12-11-14-8-6-4-7-9-14/h4,6-9,13H,2-3,5,10-12H2,1H3,(H,21,25)(H,20,22,23,26). The molecular formula is C19H23N5O2. The Hall–Kier alpha value is -2.96. The number of benzene rings is 1. The minimum Gasteiger partial charge on any atom is -0.310 e. The first-order chi connectivity index (χ1) is 12.7. The lowest BCUT2D eigenvalue weighted by Gasteiger charge is -2.05. The van der Waals surface area contributed by atoms with Crippen molar-refractivity contribution >= 4 is 17.5 Å². The van der Waals surface area contributed by atoms with E-state index in [0.717, 1.165) is 25.7 Å². The molecular weight excluding hydrogens is 330 g/mol. The molecule has 136 valence electrons. The second kappa shape index (κ2) is 8.42. The molecule has 0 fully saturated rings. The van der Waals surface area contributed by atoms with Gasteiger partial charge >= 0.3 is 0 Å². The van der Waals surface area contributed by atoms with Gasteiger partial charge in [-0.25, -0.2) is 0 Å². The van der Waals surface area contributed by atoms with Gasteiger partial charge in [0.15, 0.2) is 5.82 Å². The molecule has 3 aromatic rings. The summed E-state index contributed by atoms with van der Waals surface area (Å²) in [6, 6.07) is 11.4. The third kappa shape index (κ3) is 4.56. The van der Waals surface area contributed by atoms with Gasteiger partial charge in [-0.15, -0.1) is 5.10 Å². The van der Waals surface area contributed by atoms with E-state index in [0.29, 0.717) is 30.3 Å². The van der Waals surface area contributed by atoms with Crippen molar-refractivity contribution in [2.75, 3.05) is 5.32 Å². The third-order valence-electron chi connectivity index (χ3n) is 4.14. The van der Waals surface area contributed by atoms with Crippen LogP contribution < -0.4 is 10.9 Å². The molecule has 2 N–H and O–H groups in total. The van der Waals surface area contributed by atoms with E-state index in [4.69, 9.17) is 0 Å². The normalized spacial score (nSPS) is 11.0. The van der Waals surface area contributed by atoms with Crippen LogP contribution in [0.2, 0.25) is 0 Å². The average Bonchev–Trinajstić information content (AvgIpc) is 3.04. The van der Waals surface area contributed by atoms with Crippen LogP contribution in [-0.4, -0.2) is 25.5 Å². The maximum absolute atomic E-state index is 12.1. The first-order valence-electron chi connectivity index (χ1n) is 8.98. The lowest BCUT2D eigenvalue weighted by Crippen LogP contribution is -2.18. The summed E-state index contributed by atoms with van der Waals surface area (Å²) in [4.78, 5) is 31.0. The number of nitrogens with zero attached hydrogens (tertiary/aromatic N) is 3. The Morgan fingerprint density at radius 3 is 2.77 bits per heavy atom. The quantitative estimate of drug-likeness (QED) is 0.609. The van der Waals surface area contributed by atoms with Crippen molar-refractivity contribution < 1.29 is 4.79 Å². The first-order valence-corrected chi connectivity index (χ1v) is 8.98. The molecule has 0 aliphatic carbocycles. The highest BCUT2D eigenvalue weighted by Crippen LogP contribution is 2.10. The van der Waals surface area contributed by atoms with Gasteiger partial charge in [0.25, 0.3) is 5.56 Å². The Labute approximate surface area is 151 Å². The fourth-order valence-electron chi connectivity index (χ4n) is 2.77. The van der Waals surface area contributed by atoms with Crippen LogP contribution in [0.5, 0.6) is 0 Å². The minimum absolute atomic E-state index is 0.119. The smallest absolute Gasteiger partial charge is 0.254 e. The Morgan fingerprint density at radius 1 is 1.19 bits per heavy atom. The summed E-state index contributed by atoms with van der Waals surface area (Å²) in [5.41, 5.74) is 0.882. The number of aryl methyl sites for hydroxylation is 2. The maximum Gasteiger partial charge on any atom is 0.254 e. The molecule has 0 aliphatic rings. The second-order valence-electron chi connectivity index (χ2n) is 6.27. The fourth-order valence-corrected chi connectivity index (χ4v) is 2.77. The molecule has 3 rings (SSSR count). The van der Waals surface area contributed by atoms with Gasteiger partial charge in [0.05, 0.1) is 0 Å². The van der Waals surface area contributed by atoms with Crippen LogP contribution in [-0.2, 0) is 17.6 Å². The van der Waals surface area contributed by atoms with E-state index in [9.17, 15) is 9.59 Å². The van der Waals surface area contributed by atoms with Crippen LogP contribution in [0.3, 0.4) is 0 Å². The number of unbranched alkanes of at least 4 members (excludes halogenated alkanes) is 2. The predicted octanol–water partition coefficient (Wildman–Crippen LogP) is 2.72. The number of H-pyrrole nitrogens is 1. The SMILES string of the molecule is CCCCCC(=O)Nc1cc(=O)[nH]c2nc(CCc3ccccc3)nn12. The lowest BCUT2D eigenvalue weighted by molar-refractivity contribution is -0.116. The van der Waals surface area contributed by atoms with E-state index in [1.165, 1.54) is 16.1 Å². The summed E-state index contributed by atoms with van der Waals surface area (Å²) in [5.74, 6) is 1.19. The molecule has 0 spiro atoms. The highest BCUT2D eigenvalue weighted by atomic mass is 16.2. The zero-order valence-electron chi connectivity index (χ0n) is 14.9. The number of anilines is 1. The van der Waals surface area contributed by atoms with Crippen molar-refractivity contribution in [3.05, 3.63) is 58.1 Å². The molecule has 0 unspecified atom stereocenters. The van der Waals surface area contributed by atoms with Crippen LogP contribution in [0, 0.1) is 0 Å². The summed E-state index contributed by atoms with van der Waals surface area (Å²) < 4.78 is 1.49. The minimum atomic E-state index is -0.316. The molecule has 0 bridgehead atoms. The number of aromatic amines is 1. The zero-order chi connectivity index (χ0) is 18.4. The topological polar surface area (TPSA) is 92.1 Å². The summed E-state index contributed by atoms with van der Waals surface area (Å²) in [5, 5.41) is 7.21. The van der Waals surface area contributed by atoms with Crippen molar-refractivity contribution in [3.63, 3.8) is 0 Å². The number of aromatic nitrogens is 4. The Bertz CT molecular complexity index is 930. The van der Waals surface area contributed by atoms with Crippen molar-refractivity contribution in [1.29, 1.82) is 0 Å². The van der Waals surface area contributed by atoms with Crippen molar-refractivity contribution in [2.24, 2.45) is 0 Å². The van der Waals surface area contributed by atoms with E-state index < -0.39 is 0 Å². The number of nitrogens with one attached hydrogen (secondary N) is 2. The number of hydrogen-bond donors (Lipinski definition) is 2. The molecule has 0 radical (unpaired) electrons. The van der Waals surface area contributed by atoms with Gasteiger partial charge < -0.3 is 5.32 Å². The molecule has 0 saturated heterocycles. The number of carbonyl (C=O) groups excluding carboxylic acids is 1. The molecule has 2 aromatic heterocycles. The molecule has 0 saturated carbocycles. The highest BCUT2D eigenvalue weighted by Gasteiger charge is 2.12. The van der Waals surface area contributed by atoms with Crippen LogP contribution in [0.25, 0.3) is 5.78 Å². The van der Waals surface area contributed by atoms with E-state index >= 15 is 0 Å². The van der Waals surface area contributed by atoms with E-state index in [1.54, 1.807) is 0 Å². The maximum atomic E-state index is 12.1.